The summed E-state index contributed by atoms with van der Waals surface area (Å²) in [5.74, 6) is 0. The lowest BCUT2D eigenvalue weighted by Gasteiger charge is -2.27. The fraction of sp³-hybridized carbons (Fsp3) is 0.500. The van der Waals surface area contributed by atoms with Crippen molar-refractivity contribution in [2.24, 2.45) is 5.41 Å². The topological polar surface area (TPSA) is 41.3 Å². The molecule has 0 saturated carbocycles. The van der Waals surface area contributed by atoms with Gasteiger partial charge in [-0.1, -0.05) is 19.9 Å². The van der Waals surface area contributed by atoms with Crippen LogP contribution in [0.4, 0.5) is 17.1 Å². The first-order valence-corrected chi connectivity index (χ1v) is 5.33. The summed E-state index contributed by atoms with van der Waals surface area (Å²) in [6, 6.07) is 6.06. The van der Waals surface area contributed by atoms with Gasteiger partial charge in [-0.2, -0.15) is 0 Å². The minimum absolute atomic E-state index is 0.264. The maximum Gasteiger partial charge on any atom is 0.0811 e. The Kier molecular flexibility index (Phi) is 2.25. The third kappa shape index (κ3) is 1.87. The third-order valence-corrected chi connectivity index (χ3v) is 2.89. The smallest absolute Gasteiger partial charge is 0.0811 e. The number of hydrogen-bond donors (Lipinski definition) is 2. The molecule has 1 heterocycles. The monoisotopic (exact) mass is 205 g/mol. The van der Waals surface area contributed by atoms with E-state index in [-0.39, 0.29) is 5.41 Å². The van der Waals surface area contributed by atoms with Crippen molar-refractivity contribution >= 4 is 17.1 Å². The number of nitrogen functional groups attached to an aromatic ring is 1. The molecule has 15 heavy (non-hydrogen) atoms. The van der Waals surface area contributed by atoms with E-state index in [2.05, 4.69) is 37.2 Å². The van der Waals surface area contributed by atoms with Crippen molar-refractivity contribution < 1.29 is 0 Å². The summed E-state index contributed by atoms with van der Waals surface area (Å²) in [7, 11) is 2.12. The summed E-state index contributed by atoms with van der Waals surface area (Å²) >= 11 is 0. The van der Waals surface area contributed by atoms with E-state index < -0.39 is 0 Å². The highest BCUT2D eigenvalue weighted by atomic mass is 15.2. The second-order valence-electron chi connectivity index (χ2n) is 5.12. The summed E-state index contributed by atoms with van der Waals surface area (Å²) in [5.41, 5.74) is 9.34. The number of nitrogens with zero attached hydrogens (tertiary/aromatic N) is 1. The SMILES string of the molecule is CN1CC(C)(C)CNc2c(N)cccc21. The predicted molar refractivity (Wildman–Crippen MR) is 66.4 cm³/mol. The van der Waals surface area contributed by atoms with Gasteiger partial charge in [-0.3, -0.25) is 0 Å². The lowest BCUT2D eigenvalue weighted by Crippen LogP contribution is -2.33. The highest BCUT2D eigenvalue weighted by molar-refractivity contribution is 5.82. The van der Waals surface area contributed by atoms with Crippen molar-refractivity contribution in [1.82, 2.24) is 0 Å². The van der Waals surface area contributed by atoms with Crippen molar-refractivity contribution in [3.8, 4) is 0 Å². The Morgan fingerprint density at radius 2 is 2.13 bits per heavy atom. The Labute approximate surface area is 91.3 Å². The van der Waals surface area contributed by atoms with Gasteiger partial charge < -0.3 is 16.0 Å². The van der Waals surface area contributed by atoms with Crippen LogP contribution in [0.15, 0.2) is 18.2 Å². The van der Waals surface area contributed by atoms with Crippen molar-refractivity contribution in [3.05, 3.63) is 18.2 Å². The first-order chi connectivity index (χ1) is 6.99. The number of hydrogen-bond acceptors (Lipinski definition) is 3. The molecule has 1 aliphatic rings. The third-order valence-electron chi connectivity index (χ3n) is 2.89. The largest absolute Gasteiger partial charge is 0.397 e. The highest BCUT2D eigenvalue weighted by Crippen LogP contribution is 2.36. The Morgan fingerprint density at radius 3 is 2.87 bits per heavy atom. The zero-order valence-corrected chi connectivity index (χ0v) is 9.67. The van der Waals surface area contributed by atoms with Gasteiger partial charge >= 0.3 is 0 Å². The van der Waals surface area contributed by atoms with Crippen molar-refractivity contribution in [3.63, 3.8) is 0 Å². The van der Waals surface area contributed by atoms with Crippen LogP contribution in [-0.4, -0.2) is 20.1 Å². The molecule has 0 aliphatic carbocycles. The van der Waals surface area contributed by atoms with Gasteiger partial charge in [0.2, 0.25) is 0 Å². The number of para-hydroxylation sites is 1. The molecular formula is C12H19N3. The van der Waals surface area contributed by atoms with E-state index in [0.29, 0.717) is 0 Å². The van der Waals surface area contributed by atoms with Gasteiger partial charge in [0, 0.05) is 20.1 Å². The minimum Gasteiger partial charge on any atom is -0.397 e. The molecule has 2 rings (SSSR count). The van der Waals surface area contributed by atoms with E-state index in [4.69, 9.17) is 5.73 Å². The van der Waals surface area contributed by atoms with Crippen LogP contribution < -0.4 is 16.0 Å². The van der Waals surface area contributed by atoms with Gasteiger partial charge in [-0.15, -0.1) is 0 Å². The fourth-order valence-electron chi connectivity index (χ4n) is 2.18. The van der Waals surface area contributed by atoms with Crippen LogP contribution in [0.2, 0.25) is 0 Å². The standard InChI is InChI=1S/C12H19N3/c1-12(2)7-14-11-9(13)5-4-6-10(11)15(3)8-12/h4-6,14H,7-8,13H2,1-3H3. The molecule has 0 bridgehead atoms. The van der Waals surface area contributed by atoms with Crippen LogP contribution in [0.5, 0.6) is 0 Å². The Hall–Kier alpha value is -1.38. The molecule has 82 valence electrons. The number of benzene rings is 1. The molecule has 0 atom stereocenters. The molecule has 1 aromatic rings. The quantitative estimate of drug-likeness (QED) is 0.638. The average molecular weight is 205 g/mol. The summed E-state index contributed by atoms with van der Waals surface area (Å²) in [5, 5.41) is 3.45. The molecule has 0 unspecified atom stereocenters. The first kappa shape index (κ1) is 10.1. The van der Waals surface area contributed by atoms with E-state index in [0.717, 1.165) is 24.5 Å². The van der Waals surface area contributed by atoms with Gasteiger partial charge in [0.25, 0.3) is 0 Å². The number of fused-ring (bicyclic) bond motifs is 1. The molecule has 0 radical (unpaired) electrons. The molecule has 3 nitrogen and oxygen atoms in total. The van der Waals surface area contributed by atoms with E-state index in [1.165, 1.54) is 5.69 Å². The number of anilines is 3. The van der Waals surface area contributed by atoms with Crippen molar-refractivity contribution in [1.29, 1.82) is 0 Å². The molecule has 0 amide bonds. The van der Waals surface area contributed by atoms with Gasteiger partial charge in [0.05, 0.1) is 17.1 Å². The second-order valence-corrected chi connectivity index (χ2v) is 5.12. The lowest BCUT2D eigenvalue weighted by atomic mass is 9.93. The molecule has 0 saturated heterocycles. The zero-order valence-electron chi connectivity index (χ0n) is 9.67. The maximum absolute atomic E-state index is 5.97. The van der Waals surface area contributed by atoms with Crippen LogP contribution in [0.3, 0.4) is 0 Å². The van der Waals surface area contributed by atoms with E-state index in [1.807, 2.05) is 12.1 Å². The number of nitrogens with two attached hydrogens (primary N) is 1. The van der Waals surface area contributed by atoms with E-state index in [9.17, 15) is 0 Å². The van der Waals surface area contributed by atoms with Crippen LogP contribution in [0.25, 0.3) is 0 Å². The van der Waals surface area contributed by atoms with Gasteiger partial charge in [0.15, 0.2) is 0 Å². The summed E-state index contributed by atoms with van der Waals surface area (Å²) in [4.78, 5) is 2.27. The van der Waals surface area contributed by atoms with E-state index >= 15 is 0 Å². The highest BCUT2D eigenvalue weighted by Gasteiger charge is 2.25. The summed E-state index contributed by atoms with van der Waals surface area (Å²) in [6.07, 6.45) is 0. The molecule has 0 fully saturated rings. The predicted octanol–water partition coefficient (Wildman–Crippen LogP) is 2.16. The number of nitrogens with one attached hydrogen (secondary N) is 1. The average Bonchev–Trinajstić information content (AvgIpc) is 2.25. The first-order valence-electron chi connectivity index (χ1n) is 5.33. The summed E-state index contributed by atoms with van der Waals surface area (Å²) < 4.78 is 0. The Bertz CT molecular complexity index is 371. The minimum atomic E-state index is 0.264. The molecule has 3 N–H and O–H groups in total. The van der Waals surface area contributed by atoms with Crippen LogP contribution >= 0.6 is 0 Å². The maximum atomic E-state index is 5.97. The van der Waals surface area contributed by atoms with Crippen LogP contribution in [0, 0.1) is 5.41 Å². The molecule has 0 spiro atoms. The summed E-state index contributed by atoms with van der Waals surface area (Å²) in [6.45, 7) is 6.52. The van der Waals surface area contributed by atoms with E-state index in [1.54, 1.807) is 0 Å². The number of rotatable bonds is 0. The molecule has 1 aliphatic heterocycles. The lowest BCUT2D eigenvalue weighted by molar-refractivity contribution is 0.403. The Balaban J connectivity index is 2.44. The van der Waals surface area contributed by atoms with Gasteiger partial charge in [-0.25, -0.2) is 0 Å². The van der Waals surface area contributed by atoms with Crippen molar-refractivity contribution in [2.45, 2.75) is 13.8 Å². The molecule has 3 heteroatoms. The molecule has 1 aromatic carbocycles. The normalized spacial score (nSPS) is 19.0. The second kappa shape index (κ2) is 3.33. The molecule has 0 aromatic heterocycles. The molecular weight excluding hydrogens is 186 g/mol. The Morgan fingerprint density at radius 1 is 1.40 bits per heavy atom. The van der Waals surface area contributed by atoms with Crippen LogP contribution in [-0.2, 0) is 0 Å². The fourth-order valence-corrected chi connectivity index (χ4v) is 2.18. The van der Waals surface area contributed by atoms with Gasteiger partial charge in [0.1, 0.15) is 0 Å². The zero-order chi connectivity index (χ0) is 11.1. The van der Waals surface area contributed by atoms with Crippen molar-refractivity contribution in [2.75, 3.05) is 36.1 Å². The van der Waals surface area contributed by atoms with Crippen LogP contribution in [0.1, 0.15) is 13.8 Å². The van der Waals surface area contributed by atoms with Gasteiger partial charge in [-0.05, 0) is 17.5 Å².